The van der Waals surface area contributed by atoms with Crippen molar-refractivity contribution in [3.63, 3.8) is 0 Å². The first-order chi connectivity index (χ1) is 13.6. The first-order valence-corrected chi connectivity index (χ1v) is 9.73. The lowest BCUT2D eigenvalue weighted by molar-refractivity contribution is -0.131. The number of nitrogens with one attached hydrogen (secondary N) is 1. The molecule has 0 saturated carbocycles. The van der Waals surface area contributed by atoms with Crippen LogP contribution < -0.4 is 10.2 Å². The Bertz CT molecular complexity index is 895. The fourth-order valence-corrected chi connectivity index (χ4v) is 3.55. The second-order valence-corrected chi connectivity index (χ2v) is 7.12. The van der Waals surface area contributed by atoms with Gasteiger partial charge >= 0.3 is 5.97 Å². The lowest BCUT2D eigenvalue weighted by atomic mass is 10.0. The third-order valence-corrected chi connectivity index (χ3v) is 4.94. The predicted molar refractivity (Wildman–Crippen MR) is 111 cm³/mol. The number of aliphatic carboxylic acids is 1. The van der Waals surface area contributed by atoms with Crippen molar-refractivity contribution < 1.29 is 14.7 Å². The number of fused-ring (bicyclic) bond motifs is 2. The van der Waals surface area contributed by atoms with E-state index < -0.39 is 5.97 Å². The van der Waals surface area contributed by atoms with Gasteiger partial charge in [0.1, 0.15) is 0 Å². The van der Waals surface area contributed by atoms with Gasteiger partial charge < -0.3 is 10.4 Å². The predicted octanol–water partition coefficient (Wildman–Crippen LogP) is 4.11. The molecule has 1 aliphatic rings. The summed E-state index contributed by atoms with van der Waals surface area (Å²) in [5.41, 5.74) is 4.05. The summed E-state index contributed by atoms with van der Waals surface area (Å²) in [6, 6.07) is 13.7. The number of amides is 1. The zero-order chi connectivity index (χ0) is 19.9. The molecular formula is C22H23ClN2O3. The highest BCUT2D eigenvalue weighted by Crippen LogP contribution is 2.37. The first kappa shape index (κ1) is 20.1. The van der Waals surface area contributed by atoms with Crippen molar-refractivity contribution in [3.8, 4) is 0 Å². The Labute approximate surface area is 169 Å². The minimum Gasteiger partial charge on any atom is -0.478 e. The van der Waals surface area contributed by atoms with Gasteiger partial charge in [0.25, 0.3) is 0 Å². The van der Waals surface area contributed by atoms with Gasteiger partial charge in [-0.3, -0.25) is 9.69 Å². The number of halogens is 1. The largest absolute Gasteiger partial charge is 0.478 e. The van der Waals surface area contributed by atoms with Crippen molar-refractivity contribution in [3.05, 3.63) is 70.8 Å². The standard InChI is InChI=1S/C22H23ClN2O3/c23-18-12-11-17-10-9-16-5-1-2-6-19(16)25(20(17)15-18)21(26)7-3-13-24-14-4-8-22(27)28/h1-2,4-6,8,11-12,15,24H,3,7,9-10,13-14H2,(H,27,28)/b8-4+. The summed E-state index contributed by atoms with van der Waals surface area (Å²) in [7, 11) is 0. The lowest BCUT2D eigenvalue weighted by Gasteiger charge is -2.25. The van der Waals surface area contributed by atoms with Gasteiger partial charge in [0.15, 0.2) is 0 Å². The van der Waals surface area contributed by atoms with Crippen molar-refractivity contribution in [2.45, 2.75) is 25.7 Å². The number of carbonyl (C=O) groups is 2. The topological polar surface area (TPSA) is 69.6 Å². The van der Waals surface area contributed by atoms with Gasteiger partial charge in [-0.05, 0) is 55.1 Å². The molecule has 0 aromatic heterocycles. The Morgan fingerprint density at radius 3 is 2.64 bits per heavy atom. The average molecular weight is 399 g/mol. The molecule has 5 nitrogen and oxygen atoms in total. The number of aryl methyl sites for hydroxylation is 2. The molecule has 1 heterocycles. The van der Waals surface area contributed by atoms with Crippen LogP contribution in [0.15, 0.2) is 54.6 Å². The minimum absolute atomic E-state index is 0.0285. The number of anilines is 2. The number of hydrogen-bond acceptors (Lipinski definition) is 3. The van der Waals surface area contributed by atoms with Crippen LogP contribution in [0.3, 0.4) is 0 Å². The molecule has 1 amide bonds. The van der Waals surface area contributed by atoms with Crippen molar-refractivity contribution in [2.24, 2.45) is 0 Å². The van der Waals surface area contributed by atoms with E-state index in [1.54, 1.807) is 11.0 Å². The van der Waals surface area contributed by atoms with E-state index in [9.17, 15) is 9.59 Å². The maximum atomic E-state index is 13.1. The smallest absolute Gasteiger partial charge is 0.328 e. The summed E-state index contributed by atoms with van der Waals surface area (Å²) in [4.78, 5) is 25.4. The molecule has 28 heavy (non-hydrogen) atoms. The quantitative estimate of drug-likeness (QED) is 0.544. The van der Waals surface area contributed by atoms with E-state index in [-0.39, 0.29) is 5.91 Å². The van der Waals surface area contributed by atoms with Crippen LogP contribution in [0.5, 0.6) is 0 Å². The van der Waals surface area contributed by atoms with E-state index in [1.165, 1.54) is 0 Å². The molecular weight excluding hydrogens is 376 g/mol. The molecule has 0 atom stereocenters. The normalized spacial score (nSPS) is 13.1. The number of carboxylic acids is 1. The maximum absolute atomic E-state index is 13.1. The van der Waals surface area contributed by atoms with Gasteiger partial charge in [-0.2, -0.15) is 0 Å². The molecule has 2 aromatic carbocycles. The second-order valence-electron chi connectivity index (χ2n) is 6.68. The van der Waals surface area contributed by atoms with Gasteiger partial charge in [-0.1, -0.05) is 41.9 Å². The van der Waals surface area contributed by atoms with E-state index in [1.807, 2.05) is 36.4 Å². The molecule has 1 aliphatic heterocycles. The molecule has 2 N–H and O–H groups in total. The Hall–Kier alpha value is -2.63. The third-order valence-electron chi connectivity index (χ3n) is 4.70. The fourth-order valence-electron chi connectivity index (χ4n) is 3.39. The van der Waals surface area contributed by atoms with Crippen molar-refractivity contribution in [1.29, 1.82) is 0 Å². The Kier molecular flexibility index (Phi) is 6.85. The molecule has 0 unspecified atom stereocenters. The van der Waals surface area contributed by atoms with E-state index in [0.717, 1.165) is 41.4 Å². The second kappa shape index (κ2) is 9.53. The summed E-state index contributed by atoms with van der Waals surface area (Å²) in [6.45, 7) is 1.10. The number of rotatable bonds is 7. The van der Waals surface area contributed by atoms with Gasteiger partial charge in [0, 0.05) is 24.1 Å². The zero-order valence-electron chi connectivity index (χ0n) is 15.5. The summed E-state index contributed by atoms with van der Waals surface area (Å²) in [6.07, 6.45) is 5.45. The average Bonchev–Trinajstić information content (AvgIpc) is 2.83. The molecule has 0 fully saturated rings. The van der Waals surface area contributed by atoms with Gasteiger partial charge in [-0.25, -0.2) is 4.79 Å². The number of carbonyl (C=O) groups excluding carboxylic acids is 1. The SMILES string of the molecule is O=C(O)/C=C/CNCCCC(=O)N1c2ccccc2CCc2ccc(Cl)cc21. The van der Waals surface area contributed by atoms with E-state index in [4.69, 9.17) is 16.7 Å². The summed E-state index contributed by atoms with van der Waals surface area (Å²) < 4.78 is 0. The highest BCUT2D eigenvalue weighted by atomic mass is 35.5. The lowest BCUT2D eigenvalue weighted by Crippen LogP contribution is -2.27. The molecule has 0 saturated heterocycles. The van der Waals surface area contributed by atoms with E-state index in [0.29, 0.717) is 31.0 Å². The van der Waals surface area contributed by atoms with Crippen LogP contribution in [0.1, 0.15) is 24.0 Å². The Morgan fingerprint density at radius 2 is 1.86 bits per heavy atom. The van der Waals surface area contributed by atoms with Crippen LogP contribution in [-0.4, -0.2) is 30.1 Å². The number of carboxylic acid groups (broad SMARTS) is 1. The maximum Gasteiger partial charge on any atom is 0.328 e. The molecule has 6 heteroatoms. The Balaban J connectivity index is 1.72. The van der Waals surface area contributed by atoms with Crippen LogP contribution in [0.4, 0.5) is 11.4 Å². The molecule has 2 aromatic rings. The fraction of sp³-hybridized carbons (Fsp3) is 0.273. The minimum atomic E-state index is -0.964. The molecule has 0 aliphatic carbocycles. The van der Waals surface area contributed by atoms with Gasteiger partial charge in [-0.15, -0.1) is 0 Å². The van der Waals surface area contributed by atoms with Crippen LogP contribution >= 0.6 is 11.6 Å². The molecule has 146 valence electrons. The third kappa shape index (κ3) is 5.00. The molecule has 0 bridgehead atoms. The van der Waals surface area contributed by atoms with Crippen LogP contribution in [0.25, 0.3) is 0 Å². The highest BCUT2D eigenvalue weighted by molar-refractivity contribution is 6.31. The number of nitrogens with zero attached hydrogens (tertiary/aromatic N) is 1. The van der Waals surface area contributed by atoms with Crippen molar-refractivity contribution >= 4 is 34.9 Å². The van der Waals surface area contributed by atoms with Crippen molar-refractivity contribution in [1.82, 2.24) is 5.32 Å². The number of benzene rings is 2. The first-order valence-electron chi connectivity index (χ1n) is 9.36. The molecule has 3 rings (SSSR count). The van der Waals surface area contributed by atoms with Gasteiger partial charge in [0.05, 0.1) is 11.4 Å². The Morgan fingerprint density at radius 1 is 1.11 bits per heavy atom. The van der Waals surface area contributed by atoms with E-state index >= 15 is 0 Å². The van der Waals surface area contributed by atoms with Crippen LogP contribution in [0.2, 0.25) is 5.02 Å². The van der Waals surface area contributed by atoms with Gasteiger partial charge in [0.2, 0.25) is 5.91 Å². The van der Waals surface area contributed by atoms with E-state index in [2.05, 4.69) is 11.4 Å². The van der Waals surface area contributed by atoms with Crippen LogP contribution in [-0.2, 0) is 22.4 Å². The summed E-state index contributed by atoms with van der Waals surface area (Å²) in [5, 5.41) is 12.3. The molecule has 0 spiro atoms. The summed E-state index contributed by atoms with van der Waals surface area (Å²) in [5.74, 6) is -0.935. The molecule has 0 radical (unpaired) electrons. The summed E-state index contributed by atoms with van der Waals surface area (Å²) >= 11 is 6.23. The van der Waals surface area contributed by atoms with Crippen molar-refractivity contribution in [2.75, 3.05) is 18.0 Å². The number of hydrogen-bond donors (Lipinski definition) is 2. The van der Waals surface area contributed by atoms with Crippen LogP contribution in [0, 0.1) is 0 Å². The highest BCUT2D eigenvalue weighted by Gasteiger charge is 2.25. The zero-order valence-corrected chi connectivity index (χ0v) is 16.3. The monoisotopic (exact) mass is 398 g/mol. The number of para-hydroxylation sites is 1.